The molecule has 0 bridgehead atoms. The number of hydrogen-bond donors (Lipinski definition) is 0. The largest absolute Gasteiger partial charge is 0.144 e. The summed E-state index contributed by atoms with van der Waals surface area (Å²) >= 11 is 8.50. The van der Waals surface area contributed by atoms with Gasteiger partial charge in [-0.1, -0.05) is 54.7 Å². The van der Waals surface area contributed by atoms with E-state index in [1.807, 2.05) is 18.2 Å². The molecule has 0 saturated carbocycles. The first-order chi connectivity index (χ1) is 9.83. The maximum Gasteiger partial charge on any atom is 0.0905 e. The lowest BCUT2D eigenvalue weighted by Gasteiger charge is -1.92. The fourth-order valence-electron chi connectivity index (χ4n) is 1.92. The van der Waals surface area contributed by atoms with Crippen LogP contribution in [0, 0.1) is 3.82 Å². The smallest absolute Gasteiger partial charge is 0.0905 e. The zero-order valence-electron chi connectivity index (χ0n) is 10.7. The van der Waals surface area contributed by atoms with Crippen LogP contribution in [0.5, 0.6) is 0 Å². The van der Waals surface area contributed by atoms with E-state index in [4.69, 9.17) is 12.2 Å². The normalized spacial score (nSPS) is 10.2. The van der Waals surface area contributed by atoms with E-state index in [1.54, 1.807) is 22.7 Å². The standard InChI is InChI=1S/C9H6S2.C8H6S/c10-9-6-5-7-3-1-2-4-8(7)11-9;1-2-4-8-7(3-1)5-6-9-8/h1-6H;1-6H. The fraction of sp³-hybridized carbons (Fsp3) is 0. The first kappa shape index (κ1) is 13.4. The van der Waals surface area contributed by atoms with Crippen molar-refractivity contribution < 1.29 is 0 Å². The third kappa shape index (κ3) is 3.12. The maximum absolute atomic E-state index is 5.06. The van der Waals surface area contributed by atoms with Gasteiger partial charge in [-0.3, -0.25) is 0 Å². The summed E-state index contributed by atoms with van der Waals surface area (Å²) in [6, 6.07) is 22.8. The van der Waals surface area contributed by atoms with Crippen LogP contribution < -0.4 is 0 Å². The third-order valence-electron chi connectivity index (χ3n) is 2.89. The molecule has 0 saturated heterocycles. The number of fused-ring (bicyclic) bond motifs is 2. The van der Waals surface area contributed by atoms with Gasteiger partial charge in [0.1, 0.15) is 0 Å². The Bertz CT molecular complexity index is 857. The monoisotopic (exact) mass is 312 g/mol. The van der Waals surface area contributed by atoms with Crippen molar-refractivity contribution in [1.29, 1.82) is 0 Å². The van der Waals surface area contributed by atoms with Crippen molar-refractivity contribution in [3.63, 3.8) is 0 Å². The molecule has 4 rings (SSSR count). The van der Waals surface area contributed by atoms with Crippen molar-refractivity contribution in [2.45, 2.75) is 0 Å². The van der Waals surface area contributed by atoms with Gasteiger partial charge in [0.25, 0.3) is 0 Å². The second-order valence-electron chi connectivity index (χ2n) is 4.25. The molecule has 2 aromatic carbocycles. The van der Waals surface area contributed by atoms with Crippen LogP contribution in [0.2, 0.25) is 0 Å². The molecule has 98 valence electrons. The van der Waals surface area contributed by atoms with Crippen molar-refractivity contribution >= 4 is 55.1 Å². The van der Waals surface area contributed by atoms with Crippen LogP contribution >= 0.6 is 34.9 Å². The highest BCUT2D eigenvalue weighted by molar-refractivity contribution is 7.73. The van der Waals surface area contributed by atoms with E-state index in [2.05, 4.69) is 53.9 Å². The molecule has 0 radical (unpaired) electrons. The molecule has 0 atom stereocenters. The summed E-state index contributed by atoms with van der Waals surface area (Å²) in [5.74, 6) is 0. The van der Waals surface area contributed by atoms with Gasteiger partial charge in [-0.2, -0.15) is 0 Å². The van der Waals surface area contributed by atoms with Crippen molar-refractivity contribution in [3.05, 3.63) is 75.9 Å². The van der Waals surface area contributed by atoms with Gasteiger partial charge in [0.15, 0.2) is 0 Å². The van der Waals surface area contributed by atoms with Crippen LogP contribution in [-0.4, -0.2) is 0 Å². The molecule has 0 aliphatic carbocycles. The van der Waals surface area contributed by atoms with Crippen LogP contribution in [-0.2, 0) is 0 Å². The average Bonchev–Trinajstić information content (AvgIpc) is 2.96. The summed E-state index contributed by atoms with van der Waals surface area (Å²) in [4.78, 5) is 0. The Morgan fingerprint density at radius 1 is 0.650 bits per heavy atom. The van der Waals surface area contributed by atoms with Crippen molar-refractivity contribution in [2.75, 3.05) is 0 Å². The van der Waals surface area contributed by atoms with Crippen LogP contribution in [0.4, 0.5) is 0 Å². The van der Waals surface area contributed by atoms with Crippen molar-refractivity contribution in [3.8, 4) is 0 Å². The molecule has 4 aromatic rings. The predicted molar refractivity (Wildman–Crippen MR) is 94.5 cm³/mol. The minimum atomic E-state index is 0.948. The highest BCUT2D eigenvalue weighted by Crippen LogP contribution is 2.19. The van der Waals surface area contributed by atoms with Gasteiger partial charge in [0.2, 0.25) is 0 Å². The van der Waals surface area contributed by atoms with Crippen LogP contribution in [0.3, 0.4) is 0 Å². The van der Waals surface area contributed by atoms with Crippen LogP contribution in [0.15, 0.2) is 72.1 Å². The summed E-state index contributed by atoms with van der Waals surface area (Å²) in [6.07, 6.45) is 0. The molecule has 2 heterocycles. The van der Waals surface area contributed by atoms with Gasteiger partial charge in [0, 0.05) is 9.40 Å². The molecule has 0 spiro atoms. The Balaban J connectivity index is 0.000000123. The highest BCUT2D eigenvalue weighted by atomic mass is 32.1. The minimum absolute atomic E-state index is 0.948. The zero-order chi connectivity index (χ0) is 13.8. The average molecular weight is 312 g/mol. The molecule has 0 fully saturated rings. The summed E-state index contributed by atoms with van der Waals surface area (Å²) in [5, 5.41) is 4.73. The summed E-state index contributed by atoms with van der Waals surface area (Å²) in [5.41, 5.74) is 0. The molecular formula is C17H12S3. The number of hydrogen-bond acceptors (Lipinski definition) is 3. The Morgan fingerprint density at radius 2 is 1.30 bits per heavy atom. The summed E-state index contributed by atoms with van der Waals surface area (Å²) in [6.45, 7) is 0. The third-order valence-corrected chi connectivity index (χ3v) is 5.10. The Morgan fingerprint density at radius 3 is 2.05 bits per heavy atom. The quantitative estimate of drug-likeness (QED) is 0.332. The van der Waals surface area contributed by atoms with Crippen LogP contribution in [0.25, 0.3) is 20.2 Å². The van der Waals surface area contributed by atoms with Gasteiger partial charge < -0.3 is 0 Å². The van der Waals surface area contributed by atoms with Crippen molar-refractivity contribution in [2.24, 2.45) is 0 Å². The molecule has 0 aliphatic heterocycles. The predicted octanol–water partition coefficient (Wildman–Crippen LogP) is 6.53. The molecule has 0 N–H and O–H groups in total. The van der Waals surface area contributed by atoms with E-state index in [0.717, 1.165) is 3.82 Å². The molecule has 20 heavy (non-hydrogen) atoms. The van der Waals surface area contributed by atoms with E-state index >= 15 is 0 Å². The molecule has 2 aromatic heterocycles. The fourth-order valence-corrected chi connectivity index (χ4v) is 3.80. The lowest BCUT2D eigenvalue weighted by molar-refractivity contribution is 1.82. The molecule has 3 heteroatoms. The van der Waals surface area contributed by atoms with Gasteiger partial charge >= 0.3 is 0 Å². The molecule has 0 unspecified atom stereocenters. The Kier molecular flexibility index (Phi) is 4.21. The number of thiophene rings is 1. The minimum Gasteiger partial charge on any atom is -0.144 e. The van der Waals surface area contributed by atoms with E-state index in [-0.39, 0.29) is 0 Å². The summed E-state index contributed by atoms with van der Waals surface area (Å²) in [7, 11) is 0. The van der Waals surface area contributed by atoms with E-state index in [1.165, 1.54) is 20.2 Å². The lowest BCUT2D eigenvalue weighted by Crippen LogP contribution is -1.65. The zero-order valence-corrected chi connectivity index (χ0v) is 13.1. The lowest BCUT2D eigenvalue weighted by atomic mass is 10.3. The SMILES string of the molecule is S=c1ccc2ccccc2s1.c1ccc2sccc2c1. The molecular weight excluding hydrogens is 300 g/mol. The van der Waals surface area contributed by atoms with Gasteiger partial charge in [-0.05, 0) is 40.4 Å². The molecule has 0 amide bonds. The molecule has 0 nitrogen and oxygen atoms in total. The topological polar surface area (TPSA) is 0 Å². The van der Waals surface area contributed by atoms with Crippen LogP contribution in [0.1, 0.15) is 0 Å². The highest BCUT2D eigenvalue weighted by Gasteiger charge is 1.89. The number of benzene rings is 2. The number of rotatable bonds is 0. The van der Waals surface area contributed by atoms with Gasteiger partial charge in [0.05, 0.1) is 3.82 Å². The van der Waals surface area contributed by atoms with Gasteiger partial charge in [-0.25, -0.2) is 0 Å². The van der Waals surface area contributed by atoms with E-state index in [0.29, 0.717) is 0 Å². The first-order valence-corrected chi connectivity index (χ1v) is 8.34. The van der Waals surface area contributed by atoms with Crippen molar-refractivity contribution in [1.82, 2.24) is 0 Å². The Labute approximate surface area is 131 Å². The second-order valence-corrected chi connectivity index (χ2v) is 6.98. The van der Waals surface area contributed by atoms with E-state index < -0.39 is 0 Å². The maximum atomic E-state index is 5.06. The second kappa shape index (κ2) is 6.27. The summed E-state index contributed by atoms with van der Waals surface area (Å²) < 4.78 is 3.58. The first-order valence-electron chi connectivity index (χ1n) is 6.24. The molecule has 0 aliphatic rings. The van der Waals surface area contributed by atoms with E-state index in [9.17, 15) is 0 Å². The Hall–Kier alpha value is -1.55. The van der Waals surface area contributed by atoms with Gasteiger partial charge in [-0.15, -0.1) is 22.7 Å².